The first-order chi connectivity index (χ1) is 26.8. The molecule has 0 bridgehead atoms. The van der Waals surface area contributed by atoms with E-state index >= 15 is 0 Å². The van der Waals surface area contributed by atoms with Crippen molar-refractivity contribution in [3.8, 4) is 50.2 Å². The predicted octanol–water partition coefficient (Wildman–Crippen LogP) is 14.4. The van der Waals surface area contributed by atoms with E-state index in [0.29, 0.717) is 0 Å². The molecule has 2 nitrogen and oxygen atoms in total. The maximum atomic E-state index is 2.47. The highest BCUT2D eigenvalue weighted by Crippen LogP contribution is 2.50. The molecule has 0 amide bonds. The van der Waals surface area contributed by atoms with Crippen LogP contribution in [0.1, 0.15) is 0 Å². The van der Waals surface area contributed by atoms with Crippen LogP contribution >= 0.6 is 0 Å². The number of hydrogen-bond acceptors (Lipinski definition) is 1. The van der Waals surface area contributed by atoms with Crippen LogP contribution in [-0.2, 0) is 0 Å². The maximum absolute atomic E-state index is 2.47. The van der Waals surface area contributed by atoms with Crippen LogP contribution in [0, 0.1) is 0 Å². The third-order valence-electron chi connectivity index (χ3n) is 11.1. The predicted molar refractivity (Wildman–Crippen MR) is 228 cm³/mol. The summed E-state index contributed by atoms with van der Waals surface area (Å²) in [6.45, 7) is 0. The fourth-order valence-corrected chi connectivity index (χ4v) is 8.69. The van der Waals surface area contributed by atoms with Gasteiger partial charge in [0.25, 0.3) is 0 Å². The van der Waals surface area contributed by atoms with Crippen LogP contribution in [0.4, 0.5) is 17.1 Å². The van der Waals surface area contributed by atoms with Gasteiger partial charge in [-0.1, -0.05) is 152 Å². The molecule has 0 spiro atoms. The summed E-state index contributed by atoms with van der Waals surface area (Å²) in [4.78, 5) is 2.37. The molecule has 1 aliphatic rings. The standard InChI is InChI=1S/C52H34N2/c1-3-12-35(13-4-1)37-24-29-40(30-25-37)53(41-31-26-38(27-32-41)36-14-5-2-6-15-36)42-17-10-18-43(34-42)54-48-23-11-22-47-45-20-8-7-19-44(45)46-21-9-16-39-28-33-49(54)52(50(39)46)51(47)48/h1-34H. The Morgan fingerprint density at radius 2 is 0.796 bits per heavy atom. The maximum Gasteiger partial charge on any atom is 0.0548 e. The molecule has 0 N–H and O–H groups in total. The molecule has 252 valence electrons. The largest absolute Gasteiger partial charge is 0.310 e. The van der Waals surface area contributed by atoms with Crippen molar-refractivity contribution in [2.24, 2.45) is 0 Å². The van der Waals surface area contributed by atoms with Crippen molar-refractivity contribution in [1.29, 1.82) is 0 Å². The van der Waals surface area contributed by atoms with Gasteiger partial charge >= 0.3 is 0 Å². The number of hydrogen-bond donors (Lipinski definition) is 0. The average molecular weight is 687 g/mol. The highest BCUT2D eigenvalue weighted by Gasteiger charge is 2.25. The van der Waals surface area contributed by atoms with E-state index in [4.69, 9.17) is 0 Å². The van der Waals surface area contributed by atoms with Gasteiger partial charge in [0.2, 0.25) is 0 Å². The van der Waals surface area contributed by atoms with E-state index in [1.54, 1.807) is 0 Å². The fraction of sp³-hybridized carbons (Fsp3) is 0. The zero-order chi connectivity index (χ0) is 35.6. The van der Waals surface area contributed by atoms with Crippen molar-refractivity contribution >= 4 is 49.6 Å². The molecule has 2 heteroatoms. The quantitative estimate of drug-likeness (QED) is 0.169. The summed E-state index contributed by atoms with van der Waals surface area (Å²) >= 11 is 0. The molecule has 9 aromatic carbocycles. The van der Waals surface area contributed by atoms with Gasteiger partial charge in [-0.15, -0.1) is 0 Å². The summed E-state index contributed by atoms with van der Waals surface area (Å²) in [5.41, 5.74) is 16.8. The minimum absolute atomic E-state index is 1.09. The number of aromatic nitrogens is 1. The lowest BCUT2D eigenvalue weighted by Crippen LogP contribution is -2.10. The smallest absolute Gasteiger partial charge is 0.0548 e. The van der Waals surface area contributed by atoms with Crippen molar-refractivity contribution in [3.05, 3.63) is 206 Å². The number of anilines is 3. The average Bonchev–Trinajstić information content (AvgIpc) is 3.53. The van der Waals surface area contributed by atoms with Crippen molar-refractivity contribution in [2.45, 2.75) is 0 Å². The minimum atomic E-state index is 1.09. The lowest BCUT2D eigenvalue weighted by molar-refractivity contribution is 1.17. The second kappa shape index (κ2) is 12.2. The summed E-state index contributed by atoms with van der Waals surface area (Å²) in [5, 5.41) is 5.22. The third-order valence-corrected chi connectivity index (χ3v) is 11.1. The van der Waals surface area contributed by atoms with Crippen molar-refractivity contribution in [3.63, 3.8) is 0 Å². The SMILES string of the molecule is c1ccc(-c2ccc(N(c3ccc(-c4ccccc4)cc3)c3cccc(-n4c5cccc6c5c5c7c(cccc7ccc54)-c4ccccc4-6)c3)cc2)cc1. The van der Waals surface area contributed by atoms with Gasteiger partial charge in [-0.2, -0.15) is 0 Å². The van der Waals surface area contributed by atoms with E-state index < -0.39 is 0 Å². The Bertz CT molecular complexity index is 2930. The number of rotatable bonds is 6. The Hall–Kier alpha value is -7.16. The Kier molecular flexibility index (Phi) is 6.90. The van der Waals surface area contributed by atoms with Gasteiger partial charge in [-0.3, -0.25) is 0 Å². The number of fused-ring (bicyclic) bond motifs is 3. The van der Waals surface area contributed by atoms with Crippen LogP contribution < -0.4 is 4.90 Å². The zero-order valence-electron chi connectivity index (χ0n) is 29.5. The topological polar surface area (TPSA) is 8.17 Å². The molecule has 0 fully saturated rings. The van der Waals surface area contributed by atoms with Gasteiger partial charge in [0.1, 0.15) is 0 Å². The zero-order valence-corrected chi connectivity index (χ0v) is 29.5. The Labute approximate surface area is 314 Å². The van der Waals surface area contributed by atoms with Crippen LogP contribution in [0.5, 0.6) is 0 Å². The van der Waals surface area contributed by atoms with Crippen molar-refractivity contribution < 1.29 is 0 Å². The normalized spacial score (nSPS) is 11.7. The number of benzene rings is 9. The molecule has 0 unspecified atom stereocenters. The van der Waals surface area contributed by atoms with E-state index in [0.717, 1.165) is 22.7 Å². The van der Waals surface area contributed by atoms with E-state index in [1.807, 2.05) is 0 Å². The van der Waals surface area contributed by atoms with Crippen LogP contribution in [0.15, 0.2) is 206 Å². The van der Waals surface area contributed by atoms with Gasteiger partial charge in [0, 0.05) is 33.5 Å². The molecule has 1 heterocycles. The summed E-state index contributed by atoms with van der Waals surface area (Å²) in [5.74, 6) is 0. The first kappa shape index (κ1) is 30.5. The highest BCUT2D eigenvalue weighted by atomic mass is 15.1. The summed E-state index contributed by atoms with van der Waals surface area (Å²) in [7, 11) is 0. The number of nitrogens with zero attached hydrogens (tertiary/aromatic N) is 2. The van der Waals surface area contributed by atoms with Gasteiger partial charge in [0.15, 0.2) is 0 Å². The molecule has 1 aliphatic carbocycles. The monoisotopic (exact) mass is 686 g/mol. The van der Waals surface area contributed by atoms with Crippen LogP contribution in [0.25, 0.3) is 82.8 Å². The molecular weight excluding hydrogens is 653 g/mol. The van der Waals surface area contributed by atoms with E-state index in [9.17, 15) is 0 Å². The Balaban J connectivity index is 1.11. The summed E-state index contributed by atoms with van der Waals surface area (Å²) in [6, 6.07) is 75.1. The lowest BCUT2D eigenvalue weighted by Gasteiger charge is -2.26. The van der Waals surface area contributed by atoms with Crippen LogP contribution in [0.3, 0.4) is 0 Å². The molecular formula is C52H34N2. The molecule has 1 aromatic heterocycles. The molecule has 0 saturated heterocycles. The molecule has 10 aromatic rings. The minimum Gasteiger partial charge on any atom is -0.310 e. The van der Waals surface area contributed by atoms with Crippen LogP contribution in [-0.4, -0.2) is 4.57 Å². The fourth-order valence-electron chi connectivity index (χ4n) is 8.69. The first-order valence-electron chi connectivity index (χ1n) is 18.6. The van der Waals surface area contributed by atoms with Crippen LogP contribution in [0.2, 0.25) is 0 Å². The van der Waals surface area contributed by atoms with E-state index in [1.165, 1.54) is 77.1 Å². The molecule has 0 saturated carbocycles. The first-order valence-corrected chi connectivity index (χ1v) is 18.6. The Morgan fingerprint density at radius 3 is 1.43 bits per heavy atom. The van der Waals surface area contributed by atoms with Gasteiger partial charge in [-0.05, 0) is 110 Å². The van der Waals surface area contributed by atoms with E-state index in [2.05, 4.69) is 216 Å². The molecule has 11 rings (SSSR count). The molecule has 0 radical (unpaired) electrons. The summed E-state index contributed by atoms with van der Waals surface area (Å²) in [6.07, 6.45) is 0. The third kappa shape index (κ3) is 4.74. The Morgan fingerprint density at radius 1 is 0.296 bits per heavy atom. The van der Waals surface area contributed by atoms with E-state index in [-0.39, 0.29) is 0 Å². The molecule has 54 heavy (non-hydrogen) atoms. The van der Waals surface area contributed by atoms with Gasteiger partial charge in [-0.25, -0.2) is 0 Å². The van der Waals surface area contributed by atoms with Gasteiger partial charge in [0.05, 0.1) is 11.0 Å². The lowest BCUT2D eigenvalue weighted by atomic mass is 9.93. The molecule has 0 atom stereocenters. The second-order valence-electron chi connectivity index (χ2n) is 14.1. The van der Waals surface area contributed by atoms with Crippen molar-refractivity contribution in [1.82, 2.24) is 4.57 Å². The molecule has 0 aliphatic heterocycles. The van der Waals surface area contributed by atoms with Gasteiger partial charge < -0.3 is 9.47 Å². The van der Waals surface area contributed by atoms with Crippen molar-refractivity contribution in [2.75, 3.05) is 4.90 Å². The summed E-state index contributed by atoms with van der Waals surface area (Å²) < 4.78 is 2.47. The highest BCUT2D eigenvalue weighted by molar-refractivity contribution is 6.30. The second-order valence-corrected chi connectivity index (χ2v) is 14.1.